The van der Waals surface area contributed by atoms with Crippen molar-refractivity contribution in [2.45, 2.75) is 0 Å². The predicted octanol–water partition coefficient (Wildman–Crippen LogP) is 0.934. The highest BCUT2D eigenvalue weighted by atomic mass is 32.2. The quantitative estimate of drug-likeness (QED) is 0.660. The van der Waals surface area contributed by atoms with Crippen LogP contribution in [0.1, 0.15) is 11.1 Å². The zero-order valence-electron chi connectivity index (χ0n) is 7.88. The summed E-state index contributed by atoms with van der Waals surface area (Å²) < 4.78 is 25.9. The summed E-state index contributed by atoms with van der Waals surface area (Å²) in [5, 5.41) is 16.8. The van der Waals surface area contributed by atoms with Gasteiger partial charge in [0, 0.05) is 0 Å². The van der Waals surface area contributed by atoms with E-state index in [-0.39, 0.29) is 0 Å². The van der Waals surface area contributed by atoms with Crippen LogP contribution in [0, 0.1) is 22.7 Å². The largest absolute Gasteiger partial charge is 0.286 e. The zero-order chi connectivity index (χ0) is 11.9. The summed E-state index contributed by atoms with van der Waals surface area (Å²) in [5.41, 5.74) is 1.05. The molecule has 78 valence electrons. The van der Waals surface area contributed by atoms with Crippen LogP contribution < -0.4 is 0 Å². The Balaban J connectivity index is 0.000000336. The summed E-state index contributed by atoms with van der Waals surface area (Å²) in [7, 11) is -3.67. The molecule has 15 heavy (non-hydrogen) atoms. The zero-order valence-corrected chi connectivity index (χ0v) is 8.69. The van der Waals surface area contributed by atoms with Gasteiger partial charge in [0.2, 0.25) is 0 Å². The van der Waals surface area contributed by atoms with Crippen molar-refractivity contribution in [1.82, 2.24) is 0 Å². The molecule has 1 aromatic rings. The smallest absolute Gasteiger partial charge is 0.261 e. The van der Waals surface area contributed by atoms with Crippen molar-refractivity contribution in [3.63, 3.8) is 0 Å². The third kappa shape index (κ3) is 8.44. The molecule has 0 aliphatic carbocycles. The molecule has 0 aliphatic heterocycles. The van der Waals surface area contributed by atoms with E-state index in [1.165, 1.54) is 0 Å². The Hall–Kier alpha value is -1.89. The summed E-state index contributed by atoms with van der Waals surface area (Å²) in [4.78, 5) is 0. The molecule has 0 bridgehead atoms. The van der Waals surface area contributed by atoms with Gasteiger partial charge in [-0.3, -0.25) is 4.55 Å². The van der Waals surface area contributed by atoms with Crippen LogP contribution in [-0.2, 0) is 10.1 Å². The Morgan fingerprint density at radius 2 is 1.53 bits per heavy atom. The van der Waals surface area contributed by atoms with Crippen LogP contribution in [0.4, 0.5) is 0 Å². The van der Waals surface area contributed by atoms with Crippen molar-refractivity contribution in [3.05, 3.63) is 35.4 Å². The molecule has 6 heteroatoms. The SMILES string of the molecule is CS(=O)(=O)O.N#Cc1cccc(C#N)c1. The van der Waals surface area contributed by atoms with Gasteiger partial charge in [0.15, 0.2) is 0 Å². The molecule has 5 nitrogen and oxygen atoms in total. The third-order valence-electron chi connectivity index (χ3n) is 1.12. The van der Waals surface area contributed by atoms with Crippen LogP contribution in [0.3, 0.4) is 0 Å². The minimum Gasteiger partial charge on any atom is -0.286 e. The normalized spacial score (nSPS) is 9.07. The molecule has 0 radical (unpaired) electrons. The number of benzene rings is 1. The fourth-order valence-electron chi connectivity index (χ4n) is 0.658. The maximum absolute atomic E-state index is 9.19. The minimum absolute atomic E-state index is 0.527. The number of hydrogen-bond donors (Lipinski definition) is 1. The molecule has 0 amide bonds. The van der Waals surface area contributed by atoms with Crippen molar-refractivity contribution >= 4 is 10.1 Å². The fraction of sp³-hybridized carbons (Fsp3) is 0.111. The lowest BCUT2D eigenvalue weighted by atomic mass is 10.2. The first-order chi connectivity index (χ1) is 6.86. The molecular formula is C9H8N2O3S. The molecule has 0 unspecified atom stereocenters. The average molecular weight is 224 g/mol. The van der Waals surface area contributed by atoms with Gasteiger partial charge >= 0.3 is 0 Å². The first kappa shape index (κ1) is 13.1. The fourth-order valence-corrected chi connectivity index (χ4v) is 0.658. The monoisotopic (exact) mass is 224 g/mol. The van der Waals surface area contributed by atoms with E-state index >= 15 is 0 Å². The topological polar surface area (TPSA) is 102 Å². The van der Waals surface area contributed by atoms with Crippen LogP contribution in [0.15, 0.2) is 24.3 Å². The molecule has 0 atom stereocenters. The van der Waals surface area contributed by atoms with Crippen LogP contribution in [0.5, 0.6) is 0 Å². The highest BCUT2D eigenvalue weighted by molar-refractivity contribution is 7.85. The Kier molecular flexibility index (Phi) is 5.03. The third-order valence-corrected chi connectivity index (χ3v) is 1.12. The standard InChI is InChI=1S/C8H4N2.CH4O3S/c9-5-7-2-1-3-8(4-7)6-10;1-5(2,3)4/h1-4H;1H3,(H,2,3,4). The van der Waals surface area contributed by atoms with Gasteiger partial charge < -0.3 is 0 Å². The summed E-state index contributed by atoms with van der Waals surface area (Å²) in [6, 6.07) is 10.5. The van der Waals surface area contributed by atoms with E-state index in [1.54, 1.807) is 24.3 Å². The van der Waals surface area contributed by atoms with Crippen molar-refractivity contribution in [2.75, 3.05) is 6.26 Å². The highest BCUT2D eigenvalue weighted by Crippen LogP contribution is 2.01. The van der Waals surface area contributed by atoms with Crippen LogP contribution >= 0.6 is 0 Å². The maximum atomic E-state index is 9.19. The predicted molar refractivity (Wildman–Crippen MR) is 53.3 cm³/mol. The Morgan fingerprint density at radius 1 is 1.20 bits per heavy atom. The molecule has 0 aliphatic rings. The van der Waals surface area contributed by atoms with Crippen LogP contribution in [0.2, 0.25) is 0 Å². The second-order valence-corrected chi connectivity index (χ2v) is 4.00. The molecule has 0 saturated carbocycles. The van der Waals surface area contributed by atoms with E-state index in [1.807, 2.05) is 12.1 Å². The Morgan fingerprint density at radius 3 is 1.80 bits per heavy atom. The van der Waals surface area contributed by atoms with Crippen LogP contribution in [-0.4, -0.2) is 19.2 Å². The van der Waals surface area contributed by atoms with E-state index in [2.05, 4.69) is 0 Å². The van der Waals surface area contributed by atoms with Crippen molar-refractivity contribution in [3.8, 4) is 12.1 Å². The summed E-state index contributed by atoms with van der Waals surface area (Å²) >= 11 is 0. The van der Waals surface area contributed by atoms with Crippen molar-refractivity contribution in [2.24, 2.45) is 0 Å². The number of nitriles is 2. The first-order valence-corrected chi connectivity index (χ1v) is 5.54. The lowest BCUT2D eigenvalue weighted by molar-refractivity contribution is 0.490. The average Bonchev–Trinajstić information content (AvgIpc) is 2.15. The molecule has 1 N–H and O–H groups in total. The molecule has 0 aromatic heterocycles. The van der Waals surface area contributed by atoms with Crippen molar-refractivity contribution < 1.29 is 13.0 Å². The summed E-state index contributed by atoms with van der Waals surface area (Å²) in [6.45, 7) is 0. The van der Waals surface area contributed by atoms with E-state index < -0.39 is 10.1 Å². The van der Waals surface area contributed by atoms with Gasteiger partial charge in [-0.05, 0) is 18.2 Å². The Labute approximate surface area is 87.9 Å². The Bertz CT molecular complexity index is 472. The molecule has 1 rings (SSSR count). The van der Waals surface area contributed by atoms with Crippen LogP contribution in [0.25, 0.3) is 0 Å². The molecule has 0 saturated heterocycles. The molecule has 0 fully saturated rings. The van der Waals surface area contributed by atoms with Crippen molar-refractivity contribution in [1.29, 1.82) is 10.5 Å². The van der Waals surface area contributed by atoms with Gasteiger partial charge in [-0.2, -0.15) is 18.9 Å². The molecule has 0 heterocycles. The van der Waals surface area contributed by atoms with Gasteiger partial charge in [-0.25, -0.2) is 0 Å². The highest BCUT2D eigenvalue weighted by Gasteiger charge is 1.90. The number of hydrogen-bond acceptors (Lipinski definition) is 4. The number of rotatable bonds is 0. The van der Waals surface area contributed by atoms with E-state index in [4.69, 9.17) is 15.1 Å². The number of nitrogens with zero attached hydrogens (tertiary/aromatic N) is 2. The van der Waals surface area contributed by atoms with Gasteiger partial charge in [-0.15, -0.1) is 0 Å². The van der Waals surface area contributed by atoms with Gasteiger partial charge in [-0.1, -0.05) is 6.07 Å². The first-order valence-electron chi connectivity index (χ1n) is 3.69. The van der Waals surface area contributed by atoms with E-state index in [9.17, 15) is 8.42 Å². The maximum Gasteiger partial charge on any atom is 0.261 e. The van der Waals surface area contributed by atoms with Gasteiger partial charge in [0.05, 0.1) is 29.5 Å². The summed E-state index contributed by atoms with van der Waals surface area (Å²) in [5.74, 6) is 0. The van der Waals surface area contributed by atoms with E-state index in [0.717, 1.165) is 0 Å². The summed E-state index contributed by atoms with van der Waals surface area (Å²) in [6.07, 6.45) is 0.715. The van der Waals surface area contributed by atoms with E-state index in [0.29, 0.717) is 17.4 Å². The molecule has 1 aromatic carbocycles. The lowest BCUT2D eigenvalue weighted by Gasteiger charge is -1.86. The molecule has 0 spiro atoms. The minimum atomic E-state index is -3.67. The van der Waals surface area contributed by atoms with Gasteiger partial charge in [0.25, 0.3) is 10.1 Å². The second kappa shape index (κ2) is 5.76. The second-order valence-electron chi connectivity index (χ2n) is 2.54. The van der Waals surface area contributed by atoms with Gasteiger partial charge in [0.1, 0.15) is 0 Å². The molecular weight excluding hydrogens is 216 g/mol. The lowest BCUT2D eigenvalue weighted by Crippen LogP contribution is -1.88.